The monoisotopic (exact) mass is 387 g/mol. The number of nitrogens with one attached hydrogen (secondary N) is 1. The second kappa shape index (κ2) is 9.40. The molecule has 1 amide bonds. The molecule has 1 aromatic rings. The highest BCUT2D eigenvalue weighted by atomic mass is 16.2. The van der Waals surface area contributed by atoms with Gasteiger partial charge in [0.2, 0.25) is 5.91 Å². The molecule has 1 aliphatic carbocycles. The maximum absolute atomic E-state index is 12.7. The van der Waals surface area contributed by atoms with Crippen molar-refractivity contribution in [2.45, 2.75) is 64.3 Å². The minimum atomic E-state index is 0.104. The van der Waals surface area contributed by atoms with Crippen molar-refractivity contribution in [3.05, 3.63) is 12.3 Å². The van der Waals surface area contributed by atoms with Gasteiger partial charge in [0.25, 0.3) is 0 Å². The Kier molecular flexibility index (Phi) is 6.68. The molecule has 156 valence electrons. The molecule has 6 heteroatoms. The molecule has 0 aromatic carbocycles. The van der Waals surface area contributed by atoms with Gasteiger partial charge in [-0.05, 0) is 70.0 Å². The van der Waals surface area contributed by atoms with Crippen LogP contribution in [0.15, 0.2) is 12.3 Å². The van der Waals surface area contributed by atoms with Gasteiger partial charge in [-0.15, -0.1) is 0 Å². The fourth-order valence-corrected chi connectivity index (χ4v) is 5.29. The van der Waals surface area contributed by atoms with Gasteiger partial charge < -0.3 is 10.2 Å². The van der Waals surface area contributed by atoms with Crippen molar-refractivity contribution in [1.82, 2.24) is 19.6 Å². The summed E-state index contributed by atoms with van der Waals surface area (Å²) in [6, 6.07) is 2.39. The van der Waals surface area contributed by atoms with E-state index in [1.807, 2.05) is 16.9 Å². The summed E-state index contributed by atoms with van der Waals surface area (Å²) in [6.45, 7) is 8.69. The number of hydrogen-bond acceptors (Lipinski definition) is 4. The van der Waals surface area contributed by atoms with Crippen LogP contribution in [-0.4, -0.2) is 64.8 Å². The predicted octanol–water partition coefficient (Wildman–Crippen LogP) is 3.38. The first-order chi connectivity index (χ1) is 13.7. The number of carbonyl (C=O) groups is 1. The Morgan fingerprint density at radius 1 is 1.07 bits per heavy atom. The molecule has 3 heterocycles. The predicted molar refractivity (Wildman–Crippen MR) is 112 cm³/mol. The highest BCUT2D eigenvalue weighted by molar-refractivity contribution is 5.91. The first-order valence-electron chi connectivity index (χ1n) is 11.5. The molecule has 3 aliphatic rings. The van der Waals surface area contributed by atoms with Crippen LogP contribution in [0.3, 0.4) is 0 Å². The summed E-state index contributed by atoms with van der Waals surface area (Å²) in [6.07, 6.45) is 11.9. The van der Waals surface area contributed by atoms with Crippen LogP contribution in [0.25, 0.3) is 0 Å². The Labute approximate surface area is 169 Å². The fraction of sp³-hybridized carbons (Fsp3) is 0.818. The molecule has 1 atom stereocenters. The molecule has 28 heavy (non-hydrogen) atoms. The lowest BCUT2D eigenvalue weighted by Crippen LogP contribution is -2.45. The zero-order valence-electron chi connectivity index (χ0n) is 17.5. The van der Waals surface area contributed by atoms with Crippen molar-refractivity contribution >= 4 is 11.7 Å². The molecule has 0 radical (unpaired) electrons. The Morgan fingerprint density at radius 2 is 1.86 bits per heavy atom. The number of amides is 1. The average molecular weight is 388 g/mol. The van der Waals surface area contributed by atoms with Gasteiger partial charge in [-0.25, -0.2) is 4.68 Å². The summed E-state index contributed by atoms with van der Waals surface area (Å²) in [7, 11) is 0. The Balaban J connectivity index is 1.25. The molecular weight excluding hydrogens is 350 g/mol. The van der Waals surface area contributed by atoms with Gasteiger partial charge in [-0.2, -0.15) is 5.10 Å². The van der Waals surface area contributed by atoms with E-state index in [0.717, 1.165) is 24.8 Å². The average Bonchev–Trinajstić information content (AvgIpc) is 3.35. The molecule has 1 saturated carbocycles. The van der Waals surface area contributed by atoms with E-state index in [0.29, 0.717) is 18.5 Å². The van der Waals surface area contributed by atoms with Crippen molar-refractivity contribution in [2.24, 2.45) is 11.8 Å². The van der Waals surface area contributed by atoms with Crippen LogP contribution in [0.4, 0.5) is 5.82 Å². The lowest BCUT2D eigenvalue weighted by atomic mass is 9.94. The van der Waals surface area contributed by atoms with Crippen LogP contribution >= 0.6 is 0 Å². The Bertz CT molecular complexity index is 631. The number of anilines is 1. The van der Waals surface area contributed by atoms with Gasteiger partial charge >= 0.3 is 0 Å². The van der Waals surface area contributed by atoms with E-state index in [1.165, 1.54) is 71.0 Å². The molecule has 2 aliphatic heterocycles. The third kappa shape index (κ3) is 5.15. The molecule has 2 saturated heterocycles. The zero-order valence-corrected chi connectivity index (χ0v) is 17.5. The summed E-state index contributed by atoms with van der Waals surface area (Å²) >= 11 is 0. The molecule has 0 bridgehead atoms. The summed E-state index contributed by atoms with van der Waals surface area (Å²) in [5.41, 5.74) is 0. The second-order valence-corrected chi connectivity index (χ2v) is 9.37. The van der Waals surface area contributed by atoms with Crippen LogP contribution in [0, 0.1) is 11.8 Å². The molecule has 1 unspecified atom stereocenters. The third-order valence-electron chi connectivity index (χ3n) is 6.97. The smallest absolute Gasteiger partial charge is 0.239 e. The van der Waals surface area contributed by atoms with E-state index in [-0.39, 0.29) is 5.91 Å². The highest BCUT2D eigenvalue weighted by Crippen LogP contribution is 2.31. The van der Waals surface area contributed by atoms with Crippen LogP contribution in [0.1, 0.15) is 64.3 Å². The largest absolute Gasteiger partial charge is 0.310 e. The number of hydrogen-bond donors (Lipinski definition) is 1. The van der Waals surface area contributed by atoms with Crippen LogP contribution < -0.4 is 5.32 Å². The first kappa shape index (κ1) is 19.9. The lowest BCUT2D eigenvalue weighted by molar-refractivity contribution is -0.117. The van der Waals surface area contributed by atoms with Gasteiger partial charge in [0.05, 0.1) is 18.8 Å². The van der Waals surface area contributed by atoms with Crippen molar-refractivity contribution in [2.75, 3.05) is 44.6 Å². The minimum absolute atomic E-state index is 0.104. The molecule has 0 spiro atoms. The summed E-state index contributed by atoms with van der Waals surface area (Å²) < 4.78 is 2.03. The van der Waals surface area contributed by atoms with E-state index in [2.05, 4.69) is 27.1 Å². The van der Waals surface area contributed by atoms with Crippen LogP contribution in [-0.2, 0) is 4.79 Å². The zero-order chi connectivity index (χ0) is 19.3. The van der Waals surface area contributed by atoms with E-state index in [9.17, 15) is 4.79 Å². The van der Waals surface area contributed by atoms with E-state index < -0.39 is 0 Å². The van der Waals surface area contributed by atoms with Gasteiger partial charge in [0.1, 0.15) is 5.82 Å². The highest BCUT2D eigenvalue weighted by Gasteiger charge is 2.26. The topological polar surface area (TPSA) is 53.4 Å². The van der Waals surface area contributed by atoms with E-state index in [4.69, 9.17) is 0 Å². The SMILES string of the molecule is CC1CCN(CC2CCCN(CC(=O)Nc3ccnn3C3CCCC3)C2)CC1. The van der Waals surface area contributed by atoms with Gasteiger partial charge in [-0.1, -0.05) is 19.8 Å². The normalized spacial score (nSPS) is 26.0. The first-order valence-corrected chi connectivity index (χ1v) is 11.5. The number of nitrogens with zero attached hydrogens (tertiary/aromatic N) is 4. The van der Waals surface area contributed by atoms with Gasteiger partial charge in [0.15, 0.2) is 0 Å². The maximum Gasteiger partial charge on any atom is 0.239 e. The summed E-state index contributed by atoms with van der Waals surface area (Å²) in [4.78, 5) is 17.7. The minimum Gasteiger partial charge on any atom is -0.310 e. The lowest BCUT2D eigenvalue weighted by Gasteiger charge is -2.37. The second-order valence-electron chi connectivity index (χ2n) is 9.37. The molecular formula is C22H37N5O. The number of aromatic nitrogens is 2. The molecule has 4 rings (SSSR count). The van der Waals surface area contributed by atoms with E-state index >= 15 is 0 Å². The van der Waals surface area contributed by atoms with E-state index in [1.54, 1.807) is 0 Å². The standard InChI is InChI=1S/C22H37N5O/c1-18-9-13-25(14-10-18)15-19-5-4-12-26(16-19)17-22(28)24-21-8-11-23-27(21)20-6-2-3-7-20/h8,11,18-20H,2-7,9-10,12-17H2,1H3,(H,24,28). The molecule has 1 aromatic heterocycles. The third-order valence-corrected chi connectivity index (χ3v) is 6.97. The van der Waals surface area contributed by atoms with Crippen molar-refractivity contribution < 1.29 is 4.79 Å². The van der Waals surface area contributed by atoms with Crippen LogP contribution in [0.2, 0.25) is 0 Å². The number of carbonyl (C=O) groups excluding carboxylic acids is 1. The fourth-order valence-electron chi connectivity index (χ4n) is 5.29. The summed E-state index contributed by atoms with van der Waals surface area (Å²) in [5, 5.41) is 7.59. The van der Waals surface area contributed by atoms with Crippen molar-refractivity contribution in [3.63, 3.8) is 0 Å². The summed E-state index contributed by atoms with van der Waals surface area (Å²) in [5.74, 6) is 2.57. The van der Waals surface area contributed by atoms with Gasteiger partial charge in [0, 0.05) is 19.2 Å². The quantitative estimate of drug-likeness (QED) is 0.813. The van der Waals surface area contributed by atoms with Crippen molar-refractivity contribution in [1.29, 1.82) is 0 Å². The number of piperidine rings is 2. The maximum atomic E-state index is 12.7. The van der Waals surface area contributed by atoms with Crippen molar-refractivity contribution in [3.8, 4) is 0 Å². The van der Waals surface area contributed by atoms with Crippen LogP contribution in [0.5, 0.6) is 0 Å². The van der Waals surface area contributed by atoms with Gasteiger partial charge in [-0.3, -0.25) is 9.69 Å². The Morgan fingerprint density at radius 3 is 2.64 bits per heavy atom. The molecule has 6 nitrogen and oxygen atoms in total. The molecule has 1 N–H and O–H groups in total. The number of likely N-dealkylation sites (tertiary alicyclic amines) is 2. The number of rotatable bonds is 6. The molecule has 3 fully saturated rings. The Hall–Kier alpha value is -1.40.